The van der Waals surface area contributed by atoms with Gasteiger partial charge in [-0.1, -0.05) is 0 Å². The first-order chi connectivity index (χ1) is 8.16. The standard InChI is InChI=1S/C12H22O5/c1-12(13,2-4-14-6-10-8-16-10)3-5-15-7-11-9-17-11/h10-11,13H,2-9H2,1H3. The number of hydrogen-bond donors (Lipinski definition) is 1. The van der Waals surface area contributed by atoms with Crippen LogP contribution in [0, 0.1) is 0 Å². The molecule has 2 aliphatic rings. The van der Waals surface area contributed by atoms with Gasteiger partial charge in [0.25, 0.3) is 0 Å². The lowest BCUT2D eigenvalue weighted by molar-refractivity contribution is -0.0169. The van der Waals surface area contributed by atoms with Crippen LogP contribution in [0.5, 0.6) is 0 Å². The summed E-state index contributed by atoms with van der Waals surface area (Å²) in [7, 11) is 0. The molecule has 2 atom stereocenters. The van der Waals surface area contributed by atoms with Crippen molar-refractivity contribution in [2.75, 3.05) is 39.6 Å². The Kier molecular flexibility index (Phi) is 4.76. The lowest BCUT2D eigenvalue weighted by atomic mass is 9.99. The second kappa shape index (κ2) is 6.11. The van der Waals surface area contributed by atoms with Crippen molar-refractivity contribution in [1.29, 1.82) is 0 Å². The summed E-state index contributed by atoms with van der Waals surface area (Å²) in [5, 5.41) is 10.1. The zero-order valence-corrected chi connectivity index (χ0v) is 10.4. The van der Waals surface area contributed by atoms with E-state index < -0.39 is 5.60 Å². The van der Waals surface area contributed by atoms with E-state index in [2.05, 4.69) is 0 Å². The van der Waals surface area contributed by atoms with Crippen LogP contribution in [0.2, 0.25) is 0 Å². The molecular formula is C12H22O5. The van der Waals surface area contributed by atoms with Crippen LogP contribution in [0.3, 0.4) is 0 Å². The lowest BCUT2D eigenvalue weighted by Crippen LogP contribution is -2.28. The average molecular weight is 246 g/mol. The Morgan fingerprint density at radius 1 is 1.06 bits per heavy atom. The van der Waals surface area contributed by atoms with E-state index in [4.69, 9.17) is 18.9 Å². The molecule has 2 fully saturated rings. The van der Waals surface area contributed by atoms with Crippen molar-refractivity contribution in [1.82, 2.24) is 0 Å². The minimum Gasteiger partial charge on any atom is -0.390 e. The van der Waals surface area contributed by atoms with Crippen molar-refractivity contribution in [2.45, 2.75) is 37.6 Å². The number of hydrogen-bond acceptors (Lipinski definition) is 5. The topological polar surface area (TPSA) is 63.8 Å². The summed E-state index contributed by atoms with van der Waals surface area (Å²) in [5.41, 5.74) is -0.713. The van der Waals surface area contributed by atoms with Crippen molar-refractivity contribution >= 4 is 0 Å². The van der Waals surface area contributed by atoms with Crippen LogP contribution in [0.25, 0.3) is 0 Å². The SMILES string of the molecule is CC(O)(CCOCC1CO1)CCOCC1CO1. The molecule has 2 saturated heterocycles. The predicted octanol–water partition coefficient (Wildman–Crippen LogP) is 0.348. The Hall–Kier alpha value is -0.200. The molecule has 0 aromatic carbocycles. The Balaban J connectivity index is 1.43. The highest BCUT2D eigenvalue weighted by Gasteiger charge is 2.25. The van der Waals surface area contributed by atoms with E-state index in [-0.39, 0.29) is 0 Å². The quantitative estimate of drug-likeness (QED) is 0.445. The summed E-state index contributed by atoms with van der Waals surface area (Å²) in [4.78, 5) is 0. The molecule has 0 aliphatic carbocycles. The van der Waals surface area contributed by atoms with E-state index in [9.17, 15) is 5.11 Å². The molecule has 2 aliphatic heterocycles. The van der Waals surface area contributed by atoms with Crippen LogP contribution in [0.4, 0.5) is 0 Å². The van der Waals surface area contributed by atoms with Crippen molar-refractivity contribution in [2.24, 2.45) is 0 Å². The van der Waals surface area contributed by atoms with Crippen molar-refractivity contribution in [3.8, 4) is 0 Å². The van der Waals surface area contributed by atoms with E-state index in [1.807, 2.05) is 6.92 Å². The maximum Gasteiger partial charge on any atom is 0.104 e. The Bertz CT molecular complexity index is 201. The summed E-state index contributed by atoms with van der Waals surface area (Å²) in [5.74, 6) is 0. The molecule has 100 valence electrons. The summed E-state index contributed by atoms with van der Waals surface area (Å²) >= 11 is 0. The number of rotatable bonds is 10. The van der Waals surface area contributed by atoms with Gasteiger partial charge in [-0.15, -0.1) is 0 Å². The largest absolute Gasteiger partial charge is 0.390 e. The first-order valence-electron chi connectivity index (χ1n) is 6.27. The Morgan fingerprint density at radius 3 is 1.82 bits per heavy atom. The Morgan fingerprint density at radius 2 is 1.47 bits per heavy atom. The van der Waals surface area contributed by atoms with Gasteiger partial charge in [0.05, 0.1) is 32.0 Å². The van der Waals surface area contributed by atoms with E-state index >= 15 is 0 Å². The minimum absolute atomic E-state index is 0.293. The molecule has 17 heavy (non-hydrogen) atoms. The zero-order valence-electron chi connectivity index (χ0n) is 10.4. The van der Waals surface area contributed by atoms with Gasteiger partial charge in [0, 0.05) is 13.2 Å². The molecule has 5 heteroatoms. The van der Waals surface area contributed by atoms with Gasteiger partial charge in [-0.25, -0.2) is 0 Å². The smallest absolute Gasteiger partial charge is 0.104 e. The maximum absolute atomic E-state index is 10.1. The highest BCUT2D eigenvalue weighted by molar-refractivity contribution is 4.73. The highest BCUT2D eigenvalue weighted by Crippen LogP contribution is 2.16. The number of ether oxygens (including phenoxy) is 4. The molecular weight excluding hydrogens is 224 g/mol. The van der Waals surface area contributed by atoms with Crippen LogP contribution in [-0.4, -0.2) is 62.6 Å². The average Bonchev–Trinajstić information content (AvgIpc) is 3.13. The fourth-order valence-electron chi connectivity index (χ4n) is 1.47. The molecule has 0 aromatic heterocycles. The molecule has 0 radical (unpaired) electrons. The summed E-state index contributed by atoms with van der Waals surface area (Å²) in [6.07, 6.45) is 1.84. The van der Waals surface area contributed by atoms with Gasteiger partial charge in [0.15, 0.2) is 0 Å². The van der Waals surface area contributed by atoms with Crippen molar-refractivity contribution in [3.63, 3.8) is 0 Å². The zero-order chi connectivity index (χ0) is 12.1. The van der Waals surface area contributed by atoms with Gasteiger partial charge in [-0.2, -0.15) is 0 Å². The summed E-state index contributed by atoms with van der Waals surface area (Å²) < 4.78 is 20.9. The van der Waals surface area contributed by atoms with E-state index in [1.165, 1.54) is 0 Å². The third-order valence-electron chi connectivity index (χ3n) is 2.98. The van der Waals surface area contributed by atoms with Gasteiger partial charge in [0.2, 0.25) is 0 Å². The molecule has 2 heterocycles. The van der Waals surface area contributed by atoms with Gasteiger partial charge in [0.1, 0.15) is 12.2 Å². The third-order valence-corrected chi connectivity index (χ3v) is 2.98. The summed E-state index contributed by atoms with van der Waals surface area (Å²) in [6, 6.07) is 0. The molecule has 5 nitrogen and oxygen atoms in total. The second-order valence-corrected chi connectivity index (χ2v) is 5.06. The molecule has 2 unspecified atom stereocenters. The van der Waals surface area contributed by atoms with Crippen LogP contribution < -0.4 is 0 Å². The van der Waals surface area contributed by atoms with E-state index in [0.29, 0.717) is 51.5 Å². The van der Waals surface area contributed by atoms with Gasteiger partial charge >= 0.3 is 0 Å². The normalized spacial score (nSPS) is 30.0. The van der Waals surface area contributed by atoms with Gasteiger partial charge < -0.3 is 24.1 Å². The van der Waals surface area contributed by atoms with Crippen molar-refractivity contribution < 1.29 is 24.1 Å². The highest BCUT2D eigenvalue weighted by atomic mass is 16.6. The minimum atomic E-state index is -0.713. The molecule has 0 amide bonds. The first-order valence-corrected chi connectivity index (χ1v) is 6.27. The first kappa shape index (κ1) is 13.2. The van der Waals surface area contributed by atoms with E-state index in [0.717, 1.165) is 13.2 Å². The van der Waals surface area contributed by atoms with Crippen LogP contribution in [0.15, 0.2) is 0 Å². The molecule has 0 aromatic rings. The molecule has 0 bridgehead atoms. The predicted molar refractivity (Wildman–Crippen MR) is 61.0 cm³/mol. The van der Waals surface area contributed by atoms with Crippen LogP contribution >= 0.6 is 0 Å². The fraction of sp³-hybridized carbons (Fsp3) is 1.00. The molecule has 1 N–H and O–H groups in total. The third kappa shape index (κ3) is 6.33. The van der Waals surface area contributed by atoms with Gasteiger partial charge in [-0.05, 0) is 19.8 Å². The molecule has 0 spiro atoms. The molecule has 0 saturated carbocycles. The van der Waals surface area contributed by atoms with Crippen LogP contribution in [-0.2, 0) is 18.9 Å². The lowest BCUT2D eigenvalue weighted by Gasteiger charge is -2.22. The maximum atomic E-state index is 10.1. The monoisotopic (exact) mass is 246 g/mol. The number of aliphatic hydroxyl groups is 1. The summed E-state index contributed by atoms with van der Waals surface area (Å²) in [6.45, 7) is 5.87. The van der Waals surface area contributed by atoms with E-state index in [1.54, 1.807) is 0 Å². The van der Waals surface area contributed by atoms with Crippen molar-refractivity contribution in [3.05, 3.63) is 0 Å². The molecule has 2 rings (SSSR count). The second-order valence-electron chi connectivity index (χ2n) is 5.06. The number of epoxide rings is 2. The van der Waals surface area contributed by atoms with Gasteiger partial charge in [-0.3, -0.25) is 0 Å². The van der Waals surface area contributed by atoms with Crippen LogP contribution in [0.1, 0.15) is 19.8 Å². The Labute approximate surface area is 102 Å². The fourth-order valence-corrected chi connectivity index (χ4v) is 1.47.